The van der Waals surface area contributed by atoms with Gasteiger partial charge >= 0.3 is 6.09 Å². The van der Waals surface area contributed by atoms with Crippen LogP contribution in [0.2, 0.25) is 0 Å². The average Bonchev–Trinajstić information content (AvgIpc) is 2.28. The number of benzene rings is 1. The molecule has 5 nitrogen and oxygen atoms in total. The Morgan fingerprint density at radius 1 is 1.10 bits per heavy atom. The van der Waals surface area contributed by atoms with Gasteiger partial charge in [-0.1, -0.05) is 0 Å². The molecule has 20 heavy (non-hydrogen) atoms. The first-order chi connectivity index (χ1) is 9.07. The van der Waals surface area contributed by atoms with Crippen LogP contribution in [0.25, 0.3) is 0 Å². The van der Waals surface area contributed by atoms with Crippen LogP contribution in [0.3, 0.4) is 0 Å². The minimum atomic E-state index is -0.885. The Hall–Kier alpha value is -1.98. The van der Waals surface area contributed by atoms with Crippen molar-refractivity contribution in [3.63, 3.8) is 0 Å². The van der Waals surface area contributed by atoms with Gasteiger partial charge in [0, 0.05) is 0 Å². The Morgan fingerprint density at radius 2 is 1.65 bits per heavy atom. The summed E-state index contributed by atoms with van der Waals surface area (Å²) in [4.78, 5) is 11.7. The second-order valence-electron chi connectivity index (χ2n) is 5.90. The molecule has 0 heterocycles. The molecule has 6 heteroatoms. The van der Waals surface area contributed by atoms with Crippen LogP contribution in [-0.2, 0) is 0 Å². The molecule has 0 fully saturated rings. The van der Waals surface area contributed by atoms with Crippen LogP contribution >= 0.6 is 0 Å². The highest BCUT2D eigenvalue weighted by Crippen LogP contribution is 2.14. The van der Waals surface area contributed by atoms with Gasteiger partial charge in [0.05, 0.1) is 5.54 Å². The lowest BCUT2D eigenvalue weighted by atomic mass is 10.1. The summed E-state index contributed by atoms with van der Waals surface area (Å²) in [5.74, 6) is -0.135. The summed E-state index contributed by atoms with van der Waals surface area (Å²) >= 11 is 0. The van der Waals surface area contributed by atoms with E-state index in [9.17, 15) is 9.18 Å². The molecule has 0 aliphatic heterocycles. The predicted octanol–water partition coefficient (Wildman–Crippen LogP) is 3.90. The molecule has 0 aliphatic rings. The summed E-state index contributed by atoms with van der Waals surface area (Å²) in [5, 5.41) is 10.8. The Labute approximate surface area is 118 Å². The molecule has 1 N–H and O–H groups in total. The molecule has 0 unspecified atom stereocenters. The lowest BCUT2D eigenvalue weighted by Gasteiger charge is -2.21. The van der Waals surface area contributed by atoms with E-state index in [-0.39, 0.29) is 11.3 Å². The smallest absolute Gasteiger partial charge is 0.410 e. The molecule has 1 rings (SSSR count). The molecule has 1 amide bonds. The topological polar surface area (TPSA) is 63.0 Å². The molecule has 0 bridgehead atoms. The highest BCUT2D eigenvalue weighted by atomic mass is 19.1. The quantitative estimate of drug-likeness (QED) is 0.854. The van der Waals surface area contributed by atoms with Crippen LogP contribution in [0.1, 0.15) is 34.6 Å². The summed E-state index contributed by atoms with van der Waals surface area (Å²) in [6.45, 7) is 9.12. The molecule has 0 aromatic heterocycles. The van der Waals surface area contributed by atoms with E-state index in [2.05, 4.69) is 15.5 Å². The Morgan fingerprint density at radius 3 is 2.15 bits per heavy atom. The first-order valence-electron chi connectivity index (χ1n) is 6.27. The van der Waals surface area contributed by atoms with Gasteiger partial charge in [0.2, 0.25) is 0 Å². The zero-order valence-electron chi connectivity index (χ0n) is 12.4. The van der Waals surface area contributed by atoms with Gasteiger partial charge < -0.3 is 4.74 Å². The molecule has 0 spiro atoms. The first-order valence-corrected chi connectivity index (χ1v) is 6.27. The fourth-order valence-corrected chi connectivity index (χ4v) is 1.18. The zero-order valence-corrected chi connectivity index (χ0v) is 12.4. The number of ether oxygens (including phenoxy) is 1. The molecule has 0 saturated heterocycles. The minimum absolute atomic E-state index is 0.257. The summed E-state index contributed by atoms with van der Waals surface area (Å²) in [6.07, 6.45) is -0.672. The summed E-state index contributed by atoms with van der Waals surface area (Å²) < 4.78 is 17.7. The lowest BCUT2D eigenvalue weighted by Crippen LogP contribution is -2.43. The third-order valence-electron chi connectivity index (χ3n) is 2.03. The van der Waals surface area contributed by atoms with E-state index in [1.54, 1.807) is 13.8 Å². The fourth-order valence-electron chi connectivity index (χ4n) is 1.18. The third kappa shape index (κ3) is 6.26. The van der Waals surface area contributed by atoms with Gasteiger partial charge in [-0.3, -0.25) is 5.32 Å². The van der Waals surface area contributed by atoms with Crippen molar-refractivity contribution in [2.24, 2.45) is 10.2 Å². The maximum Gasteiger partial charge on any atom is 0.414 e. The summed E-state index contributed by atoms with van der Waals surface area (Å²) in [7, 11) is 0. The summed E-state index contributed by atoms with van der Waals surface area (Å²) in [6, 6.07) is 5.18. The average molecular weight is 281 g/mol. The number of halogens is 1. The largest absolute Gasteiger partial charge is 0.414 e. The second-order valence-corrected chi connectivity index (χ2v) is 5.90. The van der Waals surface area contributed by atoms with Gasteiger partial charge in [-0.2, -0.15) is 10.2 Å². The van der Waals surface area contributed by atoms with Crippen molar-refractivity contribution in [1.82, 2.24) is 5.32 Å². The molecule has 110 valence electrons. The van der Waals surface area contributed by atoms with Crippen LogP contribution in [0.4, 0.5) is 9.18 Å². The highest BCUT2D eigenvalue weighted by molar-refractivity contribution is 5.71. The monoisotopic (exact) mass is 281 g/mol. The van der Waals surface area contributed by atoms with Crippen molar-refractivity contribution in [2.75, 3.05) is 0 Å². The highest BCUT2D eigenvalue weighted by Gasteiger charge is 2.22. The predicted molar refractivity (Wildman–Crippen MR) is 74.2 cm³/mol. The summed E-state index contributed by atoms with van der Waals surface area (Å²) in [5.41, 5.74) is -1.20. The van der Waals surface area contributed by atoms with Gasteiger partial charge in [-0.05, 0) is 58.9 Å². The molecule has 0 saturated carbocycles. The molecule has 0 aliphatic carbocycles. The van der Waals surface area contributed by atoms with Crippen molar-refractivity contribution in [1.29, 1.82) is 0 Å². The standard InChI is InChI=1S/C14H20FN3O2/c1-13(2,3)17-18-14(4,5)16-12(19)20-11-8-6-10(15)7-9-11/h6-9H,1-5H3,(H,16,19). The fraction of sp³-hybridized carbons (Fsp3) is 0.500. The zero-order chi connectivity index (χ0) is 15.4. The van der Waals surface area contributed by atoms with Crippen LogP contribution in [0.15, 0.2) is 34.5 Å². The minimum Gasteiger partial charge on any atom is -0.410 e. The Balaban J connectivity index is 2.61. The molecule has 1 aromatic rings. The van der Waals surface area contributed by atoms with Gasteiger partial charge in [-0.25, -0.2) is 9.18 Å². The number of amides is 1. The number of hydrogen-bond acceptors (Lipinski definition) is 4. The maximum absolute atomic E-state index is 12.7. The number of rotatable bonds is 3. The van der Waals surface area contributed by atoms with Crippen molar-refractivity contribution in [3.05, 3.63) is 30.1 Å². The van der Waals surface area contributed by atoms with E-state index in [0.717, 1.165) is 0 Å². The molecule has 1 aromatic carbocycles. The molecular weight excluding hydrogens is 261 g/mol. The number of azo groups is 1. The number of carbonyl (C=O) groups is 1. The van der Waals surface area contributed by atoms with E-state index in [1.165, 1.54) is 24.3 Å². The number of hydrogen-bond donors (Lipinski definition) is 1. The van der Waals surface area contributed by atoms with Crippen molar-refractivity contribution in [3.8, 4) is 5.75 Å². The van der Waals surface area contributed by atoms with E-state index in [1.807, 2.05) is 20.8 Å². The van der Waals surface area contributed by atoms with Crippen LogP contribution in [0.5, 0.6) is 5.75 Å². The van der Waals surface area contributed by atoms with Crippen molar-refractivity contribution < 1.29 is 13.9 Å². The maximum atomic E-state index is 12.7. The van der Waals surface area contributed by atoms with E-state index >= 15 is 0 Å². The van der Waals surface area contributed by atoms with E-state index in [4.69, 9.17) is 4.74 Å². The van der Waals surface area contributed by atoms with Gasteiger partial charge in [-0.15, -0.1) is 0 Å². The Kier molecular flexibility index (Phi) is 4.81. The van der Waals surface area contributed by atoms with Crippen LogP contribution < -0.4 is 10.1 Å². The third-order valence-corrected chi connectivity index (χ3v) is 2.03. The van der Waals surface area contributed by atoms with Crippen molar-refractivity contribution >= 4 is 6.09 Å². The van der Waals surface area contributed by atoms with E-state index < -0.39 is 17.6 Å². The van der Waals surface area contributed by atoms with Gasteiger partial charge in [0.25, 0.3) is 0 Å². The SMILES string of the molecule is CC(C)(C)N=NC(C)(C)NC(=O)Oc1ccc(F)cc1. The molecule has 0 atom stereocenters. The molecule has 0 radical (unpaired) electrons. The van der Waals surface area contributed by atoms with Gasteiger partial charge in [0.1, 0.15) is 17.2 Å². The number of nitrogens with one attached hydrogen (secondary N) is 1. The van der Waals surface area contributed by atoms with Crippen LogP contribution in [-0.4, -0.2) is 17.3 Å². The first kappa shape index (κ1) is 16.1. The number of nitrogens with zero attached hydrogens (tertiary/aromatic N) is 2. The molecular formula is C14H20FN3O2. The van der Waals surface area contributed by atoms with E-state index in [0.29, 0.717) is 0 Å². The van der Waals surface area contributed by atoms with Crippen molar-refractivity contribution in [2.45, 2.75) is 45.8 Å². The second kappa shape index (κ2) is 5.98. The normalized spacial score (nSPS) is 12.5. The lowest BCUT2D eigenvalue weighted by molar-refractivity contribution is 0.187. The van der Waals surface area contributed by atoms with Gasteiger partial charge in [0.15, 0.2) is 0 Å². The number of carbonyl (C=O) groups excluding carboxylic acids is 1. The Bertz CT molecular complexity index is 490. The van der Waals surface area contributed by atoms with Crippen LogP contribution in [0, 0.1) is 5.82 Å².